The molecule has 0 heterocycles. The minimum atomic E-state index is -3.64. The lowest BCUT2D eigenvalue weighted by molar-refractivity contribution is 0.105. The number of hydrogen-bond donors (Lipinski definition) is 1. The highest BCUT2D eigenvalue weighted by atomic mass is 35.5. The maximum atomic E-state index is 12.3. The van der Waals surface area contributed by atoms with Crippen LogP contribution in [0.1, 0.15) is 11.7 Å². The van der Waals surface area contributed by atoms with Gasteiger partial charge >= 0.3 is 0 Å². The van der Waals surface area contributed by atoms with Crippen LogP contribution in [0.25, 0.3) is 0 Å². The predicted octanol–water partition coefficient (Wildman–Crippen LogP) is 3.01. The first-order valence-corrected chi connectivity index (χ1v) is 8.75. The molecule has 0 bridgehead atoms. The molecule has 0 saturated carbocycles. The fourth-order valence-electron chi connectivity index (χ4n) is 2.14. The van der Waals surface area contributed by atoms with Gasteiger partial charge < -0.3 is 9.47 Å². The fraction of sp³-hybridized carbons (Fsp3) is 0.250. The molecule has 1 N–H and O–H groups in total. The van der Waals surface area contributed by atoms with E-state index in [1.54, 1.807) is 13.2 Å². The molecule has 0 aliphatic carbocycles. The molecule has 0 amide bonds. The van der Waals surface area contributed by atoms with Gasteiger partial charge in [-0.25, -0.2) is 13.1 Å². The average Bonchev–Trinajstić information content (AvgIpc) is 2.56. The van der Waals surface area contributed by atoms with Gasteiger partial charge in [-0.05, 0) is 30.3 Å². The summed E-state index contributed by atoms with van der Waals surface area (Å²) >= 11 is 5.78. The van der Waals surface area contributed by atoms with Crippen molar-refractivity contribution in [3.05, 3.63) is 59.1 Å². The van der Waals surface area contributed by atoms with E-state index < -0.39 is 16.1 Å². The molecule has 0 radical (unpaired) electrons. The number of nitrogens with one attached hydrogen (secondary N) is 1. The van der Waals surface area contributed by atoms with Gasteiger partial charge in [-0.3, -0.25) is 0 Å². The molecule has 0 saturated heterocycles. The number of benzene rings is 2. The molecule has 0 spiro atoms. The monoisotopic (exact) mass is 355 g/mol. The zero-order valence-electron chi connectivity index (χ0n) is 12.8. The van der Waals surface area contributed by atoms with E-state index in [-0.39, 0.29) is 11.4 Å². The van der Waals surface area contributed by atoms with Crippen molar-refractivity contribution in [3.63, 3.8) is 0 Å². The zero-order chi connectivity index (χ0) is 16.9. The van der Waals surface area contributed by atoms with Gasteiger partial charge in [-0.15, -0.1) is 0 Å². The van der Waals surface area contributed by atoms with Gasteiger partial charge in [-0.2, -0.15) is 0 Å². The molecule has 7 heteroatoms. The number of sulfonamides is 1. The number of methoxy groups -OCH3 is 2. The number of ether oxygens (including phenoxy) is 2. The van der Waals surface area contributed by atoms with E-state index in [0.717, 1.165) is 5.56 Å². The second-order valence-electron chi connectivity index (χ2n) is 4.77. The largest absolute Gasteiger partial charge is 0.496 e. The van der Waals surface area contributed by atoms with Crippen molar-refractivity contribution < 1.29 is 17.9 Å². The maximum Gasteiger partial charge on any atom is 0.240 e. The van der Waals surface area contributed by atoms with Gasteiger partial charge in [0.15, 0.2) is 0 Å². The third kappa shape index (κ3) is 4.45. The Balaban J connectivity index is 2.15. The summed E-state index contributed by atoms with van der Waals surface area (Å²) in [5.74, 6) is 0.644. The first-order valence-electron chi connectivity index (χ1n) is 6.89. The van der Waals surface area contributed by atoms with Crippen molar-refractivity contribution in [3.8, 4) is 5.75 Å². The molecule has 0 aliphatic heterocycles. The van der Waals surface area contributed by atoms with Crippen molar-refractivity contribution in [1.82, 2.24) is 4.72 Å². The van der Waals surface area contributed by atoms with Crippen LogP contribution in [0, 0.1) is 0 Å². The Morgan fingerprint density at radius 3 is 2.35 bits per heavy atom. The summed E-state index contributed by atoms with van der Waals surface area (Å²) in [4.78, 5) is 0.150. The van der Waals surface area contributed by atoms with Gasteiger partial charge in [0.05, 0.1) is 18.1 Å². The van der Waals surface area contributed by atoms with Crippen LogP contribution in [0.4, 0.5) is 0 Å². The minimum Gasteiger partial charge on any atom is -0.496 e. The molecule has 0 fully saturated rings. The number of para-hydroxylation sites is 1. The topological polar surface area (TPSA) is 64.6 Å². The lowest BCUT2D eigenvalue weighted by Crippen LogP contribution is -2.29. The number of halogens is 1. The van der Waals surface area contributed by atoms with Crippen LogP contribution >= 0.6 is 11.6 Å². The molecular weight excluding hydrogens is 338 g/mol. The Morgan fingerprint density at radius 2 is 1.74 bits per heavy atom. The number of hydrogen-bond acceptors (Lipinski definition) is 4. The molecule has 1 atom stereocenters. The highest BCUT2D eigenvalue weighted by molar-refractivity contribution is 7.89. The Bertz CT molecular complexity index is 747. The Kier molecular flexibility index (Phi) is 6.01. The Morgan fingerprint density at radius 1 is 1.09 bits per heavy atom. The van der Waals surface area contributed by atoms with Gasteiger partial charge in [0.2, 0.25) is 10.0 Å². The molecule has 5 nitrogen and oxygen atoms in total. The summed E-state index contributed by atoms with van der Waals surface area (Å²) in [6, 6.07) is 13.3. The molecular formula is C16H18ClNO4S. The van der Waals surface area contributed by atoms with Crippen molar-refractivity contribution in [2.24, 2.45) is 0 Å². The van der Waals surface area contributed by atoms with Gasteiger partial charge in [-0.1, -0.05) is 29.8 Å². The van der Waals surface area contributed by atoms with E-state index in [9.17, 15) is 8.42 Å². The molecule has 0 aromatic heterocycles. The van der Waals surface area contributed by atoms with Crippen LogP contribution in [0.15, 0.2) is 53.4 Å². The van der Waals surface area contributed by atoms with Gasteiger partial charge in [0.1, 0.15) is 5.75 Å². The van der Waals surface area contributed by atoms with E-state index >= 15 is 0 Å². The highest BCUT2D eigenvalue weighted by Gasteiger charge is 2.20. The predicted molar refractivity (Wildman–Crippen MR) is 89.4 cm³/mol. The standard InChI is InChI=1S/C16H18ClNO4S/c1-21-15-6-4-3-5-14(15)16(22-2)11-18-23(19,20)13-9-7-12(17)8-10-13/h3-10,16,18H,11H2,1-2H3. The smallest absolute Gasteiger partial charge is 0.240 e. The van der Waals surface area contributed by atoms with E-state index in [4.69, 9.17) is 21.1 Å². The summed E-state index contributed by atoms with van der Waals surface area (Å²) in [5, 5.41) is 0.479. The number of rotatable bonds is 7. The van der Waals surface area contributed by atoms with Crippen LogP contribution in [0.5, 0.6) is 5.75 Å². The normalized spacial score (nSPS) is 12.8. The fourth-order valence-corrected chi connectivity index (χ4v) is 3.29. The quantitative estimate of drug-likeness (QED) is 0.829. The summed E-state index contributed by atoms with van der Waals surface area (Å²) in [5.41, 5.74) is 0.774. The SMILES string of the molecule is COc1ccccc1C(CNS(=O)(=O)c1ccc(Cl)cc1)OC. The third-order valence-electron chi connectivity index (χ3n) is 3.35. The Labute approximate surface area is 141 Å². The van der Waals surface area contributed by atoms with Gasteiger partial charge in [0.25, 0.3) is 0 Å². The Hall–Kier alpha value is -1.60. The summed E-state index contributed by atoms with van der Waals surface area (Å²) in [6.45, 7) is 0.0852. The van der Waals surface area contributed by atoms with E-state index in [1.165, 1.54) is 31.4 Å². The maximum absolute atomic E-state index is 12.3. The highest BCUT2D eigenvalue weighted by Crippen LogP contribution is 2.26. The molecule has 0 aliphatic rings. The first-order chi connectivity index (χ1) is 11.0. The summed E-state index contributed by atoms with van der Waals surface area (Å²) in [7, 11) is -0.559. The van der Waals surface area contributed by atoms with Gasteiger partial charge in [0, 0.05) is 24.2 Å². The van der Waals surface area contributed by atoms with Crippen LogP contribution in [0.2, 0.25) is 5.02 Å². The minimum absolute atomic E-state index is 0.0852. The molecule has 2 aromatic rings. The average molecular weight is 356 g/mol. The van der Waals surface area contributed by atoms with E-state index in [1.807, 2.05) is 18.2 Å². The van der Waals surface area contributed by atoms with Crippen LogP contribution in [-0.4, -0.2) is 29.2 Å². The molecule has 2 aromatic carbocycles. The molecule has 2 rings (SSSR count). The van der Waals surface area contributed by atoms with Crippen LogP contribution in [0.3, 0.4) is 0 Å². The molecule has 124 valence electrons. The van der Waals surface area contributed by atoms with Crippen LogP contribution in [-0.2, 0) is 14.8 Å². The molecule has 1 unspecified atom stereocenters. The zero-order valence-corrected chi connectivity index (χ0v) is 14.4. The van der Waals surface area contributed by atoms with Crippen molar-refractivity contribution in [1.29, 1.82) is 0 Å². The first kappa shape index (κ1) is 17.7. The third-order valence-corrected chi connectivity index (χ3v) is 5.04. The summed E-state index contributed by atoms with van der Waals surface area (Å²) in [6.07, 6.45) is -0.465. The van der Waals surface area contributed by atoms with E-state index in [0.29, 0.717) is 10.8 Å². The second-order valence-corrected chi connectivity index (χ2v) is 6.98. The summed E-state index contributed by atoms with van der Waals surface area (Å²) < 4.78 is 37.8. The van der Waals surface area contributed by atoms with Crippen molar-refractivity contribution >= 4 is 21.6 Å². The van der Waals surface area contributed by atoms with E-state index in [2.05, 4.69) is 4.72 Å². The molecule has 23 heavy (non-hydrogen) atoms. The lowest BCUT2D eigenvalue weighted by Gasteiger charge is -2.19. The van der Waals surface area contributed by atoms with Crippen LogP contribution < -0.4 is 9.46 Å². The lowest BCUT2D eigenvalue weighted by atomic mass is 10.1. The second kappa shape index (κ2) is 7.79. The van der Waals surface area contributed by atoms with Crippen molar-refractivity contribution in [2.45, 2.75) is 11.0 Å². The van der Waals surface area contributed by atoms with Crippen molar-refractivity contribution in [2.75, 3.05) is 20.8 Å².